The summed E-state index contributed by atoms with van der Waals surface area (Å²) in [4.78, 5) is 16.0. The molecule has 3 N–H and O–H groups in total. The van der Waals surface area contributed by atoms with Crippen LogP contribution in [0.25, 0.3) is 0 Å². The second-order valence-electron chi connectivity index (χ2n) is 10.5. The predicted molar refractivity (Wildman–Crippen MR) is 144 cm³/mol. The Bertz CT molecular complexity index is 1190. The molecular weight excluding hydrogens is 430 g/mol. The summed E-state index contributed by atoms with van der Waals surface area (Å²) in [6.07, 6.45) is 4.54. The van der Waals surface area contributed by atoms with Crippen molar-refractivity contribution in [3.63, 3.8) is 0 Å². The lowest BCUT2D eigenvalue weighted by Gasteiger charge is -2.38. The zero-order valence-corrected chi connectivity index (χ0v) is 21.2. The number of hydrogen-bond donors (Lipinski definition) is 2. The van der Waals surface area contributed by atoms with Crippen LogP contribution in [0.3, 0.4) is 0 Å². The van der Waals surface area contributed by atoms with Gasteiger partial charge in [0.05, 0.1) is 12.1 Å². The van der Waals surface area contributed by atoms with Crippen molar-refractivity contribution >= 4 is 11.6 Å². The smallest absolute Gasteiger partial charge is 0.240 e. The maximum Gasteiger partial charge on any atom is 0.240 e. The number of nitrogens with two attached hydrogens (primary N) is 1. The first-order chi connectivity index (χ1) is 16.9. The molecule has 0 unspecified atom stereocenters. The van der Waals surface area contributed by atoms with Crippen LogP contribution >= 0.6 is 0 Å². The quantitative estimate of drug-likeness (QED) is 0.474. The lowest BCUT2D eigenvalue weighted by molar-refractivity contribution is -0.136. The van der Waals surface area contributed by atoms with Crippen molar-refractivity contribution in [1.29, 1.82) is 0 Å². The Morgan fingerprint density at radius 2 is 1.69 bits per heavy atom. The molecule has 182 valence electrons. The molecule has 0 bridgehead atoms. The van der Waals surface area contributed by atoms with E-state index in [1.54, 1.807) is 0 Å². The number of nitrogens with one attached hydrogen (secondary N) is 1. The zero-order valence-electron chi connectivity index (χ0n) is 21.2. The molecule has 1 amide bonds. The fraction of sp³-hybridized carbons (Fsp3) is 0.387. The van der Waals surface area contributed by atoms with E-state index in [0.29, 0.717) is 12.5 Å². The summed E-state index contributed by atoms with van der Waals surface area (Å²) in [5.41, 5.74) is 16.5. The monoisotopic (exact) mass is 467 g/mol. The predicted octanol–water partition coefficient (Wildman–Crippen LogP) is 5.62. The Hall–Kier alpha value is -3.11. The van der Waals surface area contributed by atoms with E-state index >= 15 is 0 Å². The second-order valence-corrected chi connectivity index (χ2v) is 10.5. The number of nitrogens with zero attached hydrogens (tertiary/aromatic N) is 1. The molecule has 1 heterocycles. The summed E-state index contributed by atoms with van der Waals surface area (Å²) < 4.78 is 0. The van der Waals surface area contributed by atoms with Crippen LogP contribution in [-0.2, 0) is 17.6 Å². The van der Waals surface area contributed by atoms with Crippen LogP contribution in [0.15, 0.2) is 60.7 Å². The summed E-state index contributed by atoms with van der Waals surface area (Å²) in [5, 5.41) is 3.56. The van der Waals surface area contributed by atoms with Crippen molar-refractivity contribution in [1.82, 2.24) is 4.90 Å². The maximum atomic E-state index is 13.9. The minimum Gasteiger partial charge on any atom is -0.385 e. The fourth-order valence-corrected chi connectivity index (χ4v) is 5.75. The van der Waals surface area contributed by atoms with E-state index in [9.17, 15) is 4.79 Å². The van der Waals surface area contributed by atoms with E-state index in [2.05, 4.69) is 91.7 Å². The number of rotatable bonds is 7. The fourth-order valence-electron chi connectivity index (χ4n) is 5.75. The highest BCUT2D eigenvalue weighted by atomic mass is 16.2. The van der Waals surface area contributed by atoms with E-state index in [1.165, 1.54) is 38.9 Å². The minimum atomic E-state index is -0.526. The Kier molecular flexibility index (Phi) is 6.66. The highest BCUT2D eigenvalue weighted by Crippen LogP contribution is 2.41. The van der Waals surface area contributed by atoms with Gasteiger partial charge in [-0.3, -0.25) is 4.79 Å². The van der Waals surface area contributed by atoms with Gasteiger partial charge in [-0.15, -0.1) is 0 Å². The van der Waals surface area contributed by atoms with Crippen molar-refractivity contribution in [2.24, 2.45) is 5.73 Å². The molecule has 35 heavy (non-hydrogen) atoms. The van der Waals surface area contributed by atoms with Crippen molar-refractivity contribution in [3.05, 3.63) is 99.6 Å². The Balaban J connectivity index is 1.41. The van der Waals surface area contributed by atoms with Gasteiger partial charge in [0, 0.05) is 18.3 Å². The number of hydrogen-bond acceptors (Lipinski definition) is 3. The Labute approximate surface area is 209 Å². The van der Waals surface area contributed by atoms with E-state index in [1.807, 2.05) is 0 Å². The molecule has 2 aliphatic rings. The number of carbonyl (C=O) groups excluding carboxylic acids is 1. The van der Waals surface area contributed by atoms with Gasteiger partial charge < -0.3 is 16.0 Å². The lowest BCUT2D eigenvalue weighted by atomic mass is 9.91. The molecule has 1 aliphatic heterocycles. The largest absolute Gasteiger partial charge is 0.385 e. The third kappa shape index (κ3) is 5.13. The SMILES string of the molecule is Cc1cc(C)c(C[C@H](N)C(=O)N(C2CC2)[C@@H]2CCNc3ccc(Cc4ccccc4)cc32)c(C)c1. The highest BCUT2D eigenvalue weighted by molar-refractivity contribution is 5.83. The number of aryl methyl sites for hydroxylation is 3. The van der Waals surface area contributed by atoms with Gasteiger partial charge in [0.25, 0.3) is 0 Å². The molecule has 1 fully saturated rings. The molecule has 0 radical (unpaired) electrons. The first-order valence-corrected chi connectivity index (χ1v) is 13.0. The summed E-state index contributed by atoms with van der Waals surface area (Å²) in [6, 6.07) is 21.5. The third-order valence-corrected chi connectivity index (χ3v) is 7.57. The number of fused-ring (bicyclic) bond motifs is 1. The van der Waals surface area contributed by atoms with Gasteiger partial charge in [-0.1, -0.05) is 60.2 Å². The van der Waals surface area contributed by atoms with Crippen LogP contribution in [0.1, 0.15) is 64.2 Å². The minimum absolute atomic E-state index is 0.0771. The molecule has 0 spiro atoms. The molecule has 0 aromatic heterocycles. The molecule has 5 rings (SSSR count). The van der Waals surface area contributed by atoms with Gasteiger partial charge in [0.2, 0.25) is 5.91 Å². The van der Waals surface area contributed by atoms with Crippen LogP contribution in [0.5, 0.6) is 0 Å². The number of anilines is 1. The van der Waals surface area contributed by atoms with E-state index < -0.39 is 6.04 Å². The average Bonchev–Trinajstić information content (AvgIpc) is 3.67. The van der Waals surface area contributed by atoms with Gasteiger partial charge in [0.1, 0.15) is 0 Å². The van der Waals surface area contributed by atoms with Crippen molar-refractivity contribution in [3.8, 4) is 0 Å². The van der Waals surface area contributed by atoms with Gasteiger partial charge >= 0.3 is 0 Å². The van der Waals surface area contributed by atoms with Gasteiger partial charge in [-0.05, 0) is 92.3 Å². The molecule has 1 aliphatic carbocycles. The van der Waals surface area contributed by atoms with Crippen molar-refractivity contribution in [2.45, 2.75) is 71.0 Å². The highest BCUT2D eigenvalue weighted by Gasteiger charge is 2.41. The topological polar surface area (TPSA) is 58.4 Å². The number of benzene rings is 3. The zero-order chi connectivity index (χ0) is 24.5. The van der Waals surface area contributed by atoms with Gasteiger partial charge in [-0.25, -0.2) is 0 Å². The summed E-state index contributed by atoms with van der Waals surface area (Å²) in [5.74, 6) is 0.0955. The molecule has 3 aromatic carbocycles. The van der Waals surface area contributed by atoms with Gasteiger partial charge in [-0.2, -0.15) is 0 Å². The molecule has 3 aromatic rings. The number of amides is 1. The maximum absolute atomic E-state index is 13.9. The third-order valence-electron chi connectivity index (χ3n) is 7.57. The Morgan fingerprint density at radius 3 is 2.37 bits per heavy atom. The first-order valence-electron chi connectivity index (χ1n) is 13.0. The van der Waals surface area contributed by atoms with Crippen LogP contribution in [0.2, 0.25) is 0 Å². The summed E-state index contributed by atoms with van der Waals surface area (Å²) in [6.45, 7) is 7.24. The van der Waals surface area contributed by atoms with E-state index in [0.717, 1.165) is 37.9 Å². The molecule has 1 saturated carbocycles. The molecule has 4 nitrogen and oxygen atoms in total. The van der Waals surface area contributed by atoms with Crippen LogP contribution < -0.4 is 11.1 Å². The molecular formula is C31H37N3O. The normalized spacial score (nSPS) is 17.9. The second kappa shape index (κ2) is 9.87. The van der Waals surface area contributed by atoms with Crippen molar-refractivity contribution < 1.29 is 4.79 Å². The molecule has 0 saturated heterocycles. The van der Waals surface area contributed by atoms with E-state index in [-0.39, 0.29) is 11.9 Å². The summed E-state index contributed by atoms with van der Waals surface area (Å²) in [7, 11) is 0. The van der Waals surface area contributed by atoms with Crippen LogP contribution in [0.4, 0.5) is 5.69 Å². The number of carbonyl (C=O) groups is 1. The van der Waals surface area contributed by atoms with Crippen LogP contribution in [-0.4, -0.2) is 29.4 Å². The summed E-state index contributed by atoms with van der Waals surface area (Å²) >= 11 is 0. The van der Waals surface area contributed by atoms with Crippen LogP contribution in [0, 0.1) is 20.8 Å². The molecule has 4 heteroatoms. The average molecular weight is 468 g/mol. The van der Waals surface area contributed by atoms with Gasteiger partial charge in [0.15, 0.2) is 0 Å². The lowest BCUT2D eigenvalue weighted by Crippen LogP contribution is -2.48. The molecule has 2 atom stereocenters. The standard InChI is InChI=1S/C31H37N3O/c1-20-15-21(2)26(22(3)16-20)19-28(32)31(35)34(25-10-11-25)30-13-14-33-29-12-9-24(18-27(29)30)17-23-7-5-4-6-8-23/h4-9,12,15-16,18,25,28,30,33H,10-11,13-14,17,19,32H2,1-3H3/t28-,30+/m0/s1. The Morgan fingerprint density at radius 1 is 0.971 bits per heavy atom. The van der Waals surface area contributed by atoms with E-state index in [4.69, 9.17) is 5.73 Å². The first kappa shape index (κ1) is 23.6. The van der Waals surface area contributed by atoms with Crippen molar-refractivity contribution in [2.75, 3.05) is 11.9 Å².